The molecule has 52 valence electrons. The van der Waals surface area contributed by atoms with E-state index in [4.69, 9.17) is 0 Å². The molecule has 0 aliphatic heterocycles. The van der Waals surface area contributed by atoms with Gasteiger partial charge in [-0.1, -0.05) is 22.0 Å². The highest BCUT2D eigenvalue weighted by molar-refractivity contribution is 9.09. The van der Waals surface area contributed by atoms with Crippen LogP contribution in [-0.2, 0) is 9.53 Å². The number of ether oxygens (including phenoxy) is 1. The number of halogens is 1. The molecule has 0 amide bonds. The van der Waals surface area contributed by atoms with Gasteiger partial charge in [0.15, 0.2) is 0 Å². The van der Waals surface area contributed by atoms with Crippen LogP contribution < -0.4 is 0 Å². The Morgan fingerprint density at radius 1 is 1.78 bits per heavy atom. The molecular weight excluding hydrogens is 184 g/mol. The van der Waals surface area contributed by atoms with E-state index in [1.165, 1.54) is 13.2 Å². The van der Waals surface area contributed by atoms with Gasteiger partial charge in [0.05, 0.1) is 7.11 Å². The number of allylic oxidation sites excluding steroid dienone is 1. The van der Waals surface area contributed by atoms with Gasteiger partial charge in [0.2, 0.25) is 0 Å². The van der Waals surface area contributed by atoms with Gasteiger partial charge >= 0.3 is 5.97 Å². The molecular formula is C6H9BrO2. The lowest BCUT2D eigenvalue weighted by atomic mass is 10.4. The van der Waals surface area contributed by atoms with Gasteiger partial charge in [-0.25, -0.2) is 4.79 Å². The summed E-state index contributed by atoms with van der Waals surface area (Å²) in [6, 6.07) is 0. The Labute approximate surface area is 63.0 Å². The molecule has 0 aromatic rings. The van der Waals surface area contributed by atoms with E-state index in [0.29, 0.717) is 0 Å². The lowest BCUT2D eigenvalue weighted by molar-refractivity contribution is -0.134. The molecule has 0 aromatic carbocycles. The SMILES string of the molecule is COC(=O)C=CCCBr. The predicted molar refractivity (Wildman–Crippen MR) is 39.6 cm³/mol. The predicted octanol–water partition coefficient (Wildman–Crippen LogP) is 1.50. The second kappa shape index (κ2) is 5.82. The fraction of sp³-hybridized carbons (Fsp3) is 0.500. The Kier molecular flexibility index (Phi) is 5.62. The van der Waals surface area contributed by atoms with Crippen molar-refractivity contribution in [2.75, 3.05) is 12.4 Å². The summed E-state index contributed by atoms with van der Waals surface area (Å²) in [5.41, 5.74) is 0. The first-order valence-corrected chi connectivity index (χ1v) is 3.74. The molecule has 9 heavy (non-hydrogen) atoms. The van der Waals surface area contributed by atoms with E-state index in [0.717, 1.165) is 11.8 Å². The second-order valence-electron chi connectivity index (χ2n) is 1.40. The number of alkyl halides is 1. The summed E-state index contributed by atoms with van der Waals surface area (Å²) in [6.07, 6.45) is 4.04. The van der Waals surface area contributed by atoms with Crippen molar-refractivity contribution in [3.8, 4) is 0 Å². The molecule has 0 radical (unpaired) electrons. The van der Waals surface area contributed by atoms with Crippen LogP contribution in [0.25, 0.3) is 0 Å². The number of methoxy groups -OCH3 is 1. The van der Waals surface area contributed by atoms with Crippen LogP contribution in [0.2, 0.25) is 0 Å². The summed E-state index contributed by atoms with van der Waals surface area (Å²) in [5.74, 6) is -0.295. The third-order valence-corrected chi connectivity index (χ3v) is 1.19. The van der Waals surface area contributed by atoms with Gasteiger partial charge in [0.1, 0.15) is 0 Å². The summed E-state index contributed by atoms with van der Waals surface area (Å²) >= 11 is 3.22. The number of carbonyl (C=O) groups is 1. The van der Waals surface area contributed by atoms with Gasteiger partial charge in [0.25, 0.3) is 0 Å². The Balaban J connectivity index is 3.32. The zero-order valence-corrected chi connectivity index (χ0v) is 6.85. The topological polar surface area (TPSA) is 26.3 Å². The Morgan fingerprint density at radius 2 is 2.44 bits per heavy atom. The van der Waals surface area contributed by atoms with Crippen LogP contribution in [-0.4, -0.2) is 18.4 Å². The molecule has 0 heterocycles. The highest BCUT2D eigenvalue weighted by Crippen LogP contribution is 1.89. The Morgan fingerprint density at radius 3 is 2.89 bits per heavy atom. The van der Waals surface area contributed by atoms with Crippen LogP contribution in [0, 0.1) is 0 Å². The minimum Gasteiger partial charge on any atom is -0.466 e. The molecule has 2 nitrogen and oxygen atoms in total. The summed E-state index contributed by atoms with van der Waals surface area (Å²) in [7, 11) is 1.36. The molecule has 0 saturated carbocycles. The Bertz CT molecular complexity index is 110. The molecule has 0 spiro atoms. The highest BCUT2D eigenvalue weighted by Gasteiger charge is 1.87. The fourth-order valence-corrected chi connectivity index (χ4v) is 0.575. The largest absolute Gasteiger partial charge is 0.466 e. The number of hydrogen-bond acceptors (Lipinski definition) is 2. The molecule has 0 unspecified atom stereocenters. The first-order valence-electron chi connectivity index (χ1n) is 2.61. The number of carbonyl (C=O) groups excluding carboxylic acids is 1. The summed E-state index contributed by atoms with van der Waals surface area (Å²) in [4.78, 5) is 10.4. The Hall–Kier alpha value is -0.310. The quantitative estimate of drug-likeness (QED) is 0.385. The lowest BCUT2D eigenvalue weighted by Gasteiger charge is -1.87. The van der Waals surface area contributed by atoms with Crippen LogP contribution in [0.1, 0.15) is 6.42 Å². The maximum Gasteiger partial charge on any atom is 0.330 e. The van der Waals surface area contributed by atoms with Crippen molar-refractivity contribution in [2.24, 2.45) is 0 Å². The average Bonchev–Trinajstić information content (AvgIpc) is 1.89. The summed E-state index contributed by atoms with van der Waals surface area (Å²) in [6.45, 7) is 0. The minimum absolute atomic E-state index is 0.295. The van der Waals surface area contributed by atoms with Gasteiger partial charge < -0.3 is 4.74 Å². The van der Waals surface area contributed by atoms with E-state index in [9.17, 15) is 4.79 Å². The second-order valence-corrected chi connectivity index (χ2v) is 2.20. The van der Waals surface area contributed by atoms with Crippen molar-refractivity contribution in [1.82, 2.24) is 0 Å². The molecule has 0 aliphatic carbocycles. The molecule has 0 rings (SSSR count). The van der Waals surface area contributed by atoms with Crippen LogP contribution in [0.3, 0.4) is 0 Å². The average molecular weight is 193 g/mol. The smallest absolute Gasteiger partial charge is 0.330 e. The van der Waals surface area contributed by atoms with Gasteiger partial charge in [-0.15, -0.1) is 0 Å². The van der Waals surface area contributed by atoms with E-state index >= 15 is 0 Å². The van der Waals surface area contributed by atoms with E-state index in [1.54, 1.807) is 6.08 Å². The van der Waals surface area contributed by atoms with Crippen LogP contribution in [0.4, 0.5) is 0 Å². The zero-order valence-electron chi connectivity index (χ0n) is 5.26. The third-order valence-electron chi connectivity index (χ3n) is 0.731. The van der Waals surface area contributed by atoms with Crippen molar-refractivity contribution < 1.29 is 9.53 Å². The monoisotopic (exact) mass is 192 g/mol. The van der Waals surface area contributed by atoms with Gasteiger partial charge in [0, 0.05) is 11.4 Å². The van der Waals surface area contributed by atoms with Crippen molar-refractivity contribution >= 4 is 21.9 Å². The molecule has 0 atom stereocenters. The lowest BCUT2D eigenvalue weighted by Crippen LogP contribution is -1.93. The van der Waals surface area contributed by atoms with Crippen molar-refractivity contribution in [3.63, 3.8) is 0 Å². The van der Waals surface area contributed by atoms with Crippen molar-refractivity contribution in [2.45, 2.75) is 6.42 Å². The fourth-order valence-electron chi connectivity index (χ4n) is 0.311. The maximum atomic E-state index is 10.4. The molecule has 0 bridgehead atoms. The third kappa shape index (κ3) is 5.56. The van der Waals surface area contributed by atoms with Crippen LogP contribution in [0.5, 0.6) is 0 Å². The first kappa shape index (κ1) is 8.69. The molecule has 0 aromatic heterocycles. The van der Waals surface area contributed by atoms with Gasteiger partial charge in [-0.05, 0) is 6.42 Å². The molecule has 0 fully saturated rings. The molecule has 0 aliphatic rings. The van der Waals surface area contributed by atoms with E-state index in [2.05, 4.69) is 20.7 Å². The van der Waals surface area contributed by atoms with E-state index < -0.39 is 0 Å². The van der Waals surface area contributed by atoms with Gasteiger partial charge in [-0.2, -0.15) is 0 Å². The normalized spacial score (nSPS) is 10.0. The molecule has 3 heteroatoms. The first-order chi connectivity index (χ1) is 4.31. The highest BCUT2D eigenvalue weighted by atomic mass is 79.9. The number of esters is 1. The van der Waals surface area contributed by atoms with E-state index in [-0.39, 0.29) is 5.97 Å². The van der Waals surface area contributed by atoms with Crippen molar-refractivity contribution in [1.29, 1.82) is 0 Å². The standard InChI is InChI=1S/C6H9BrO2/c1-9-6(8)4-2-3-5-7/h2,4H,3,5H2,1H3. The van der Waals surface area contributed by atoms with E-state index in [1.807, 2.05) is 0 Å². The van der Waals surface area contributed by atoms with Crippen LogP contribution in [0.15, 0.2) is 12.2 Å². The molecule has 0 saturated heterocycles. The summed E-state index contributed by atoms with van der Waals surface area (Å²) in [5, 5.41) is 0.875. The maximum absolute atomic E-state index is 10.4. The van der Waals surface area contributed by atoms with Gasteiger partial charge in [-0.3, -0.25) is 0 Å². The summed E-state index contributed by atoms with van der Waals surface area (Å²) < 4.78 is 4.36. The number of hydrogen-bond donors (Lipinski definition) is 0. The van der Waals surface area contributed by atoms with Crippen LogP contribution >= 0.6 is 15.9 Å². The van der Waals surface area contributed by atoms with Crippen molar-refractivity contribution in [3.05, 3.63) is 12.2 Å². The molecule has 0 N–H and O–H groups in total. The zero-order chi connectivity index (χ0) is 7.11. The number of rotatable bonds is 3. The minimum atomic E-state index is -0.295.